The van der Waals surface area contributed by atoms with Crippen LogP contribution in [0.15, 0.2) is 36.4 Å². The molecule has 3 aromatic rings. The first-order chi connectivity index (χ1) is 15.9. The molecule has 2 aliphatic rings. The van der Waals surface area contributed by atoms with Crippen LogP contribution in [0.2, 0.25) is 0 Å². The highest BCUT2D eigenvalue weighted by Gasteiger charge is 2.28. The largest absolute Gasteiger partial charge is 0.326 e. The molecule has 1 unspecified atom stereocenters. The molecule has 0 saturated carbocycles. The zero-order valence-corrected chi connectivity index (χ0v) is 20.4. The van der Waals surface area contributed by atoms with Crippen LogP contribution in [0.25, 0.3) is 11.0 Å². The highest BCUT2D eigenvalue weighted by molar-refractivity contribution is 5.92. The fraction of sp³-hybridized carbons (Fsp3) is 0.500. The van der Waals surface area contributed by atoms with Crippen molar-refractivity contribution in [3.63, 3.8) is 0 Å². The number of nitrogens with one attached hydrogen (secondary N) is 1. The summed E-state index contributed by atoms with van der Waals surface area (Å²) in [4.78, 5) is 19.5. The standard InChI is InChI=1S/C28H36N4O/c1-18(2)28(33)30-24-7-6-22-14-21(15-23(22)16-24)17-31-11-9-25(10-12-31)32-20(4)29-26-13-19(3)5-8-27(26)32/h5-8,13,16,18,21,25H,9-12,14-15,17H2,1-4H3,(H,30,33). The number of rotatable bonds is 5. The number of imidazole rings is 1. The molecule has 2 heterocycles. The van der Waals surface area contributed by atoms with Crippen molar-refractivity contribution in [2.24, 2.45) is 11.8 Å². The molecule has 1 aromatic heterocycles. The fourth-order valence-corrected chi connectivity index (χ4v) is 5.72. The first-order valence-corrected chi connectivity index (χ1v) is 12.5. The number of amides is 1. The average molecular weight is 445 g/mol. The molecular formula is C28H36N4O. The summed E-state index contributed by atoms with van der Waals surface area (Å²) in [5, 5.41) is 3.05. The highest BCUT2D eigenvalue weighted by Crippen LogP contribution is 2.33. The van der Waals surface area contributed by atoms with Crippen LogP contribution in [-0.4, -0.2) is 40.0 Å². The summed E-state index contributed by atoms with van der Waals surface area (Å²) in [5.41, 5.74) is 7.48. The molecule has 0 radical (unpaired) electrons. The van der Waals surface area contributed by atoms with E-state index in [1.807, 2.05) is 13.8 Å². The number of aryl methyl sites for hydroxylation is 2. The molecule has 2 aromatic carbocycles. The summed E-state index contributed by atoms with van der Waals surface area (Å²) < 4.78 is 2.48. The number of fused-ring (bicyclic) bond motifs is 2. The van der Waals surface area contributed by atoms with Gasteiger partial charge in [-0.15, -0.1) is 0 Å². The average Bonchev–Trinajstić information content (AvgIpc) is 3.32. The van der Waals surface area contributed by atoms with Gasteiger partial charge in [0, 0.05) is 37.3 Å². The molecule has 5 heteroatoms. The van der Waals surface area contributed by atoms with Crippen LogP contribution in [0.3, 0.4) is 0 Å². The third-order valence-corrected chi connectivity index (χ3v) is 7.48. The van der Waals surface area contributed by atoms with E-state index in [0.717, 1.165) is 49.5 Å². The van der Waals surface area contributed by atoms with Gasteiger partial charge in [-0.25, -0.2) is 4.98 Å². The zero-order chi connectivity index (χ0) is 23.1. The summed E-state index contributed by atoms with van der Waals surface area (Å²) in [7, 11) is 0. The lowest BCUT2D eigenvalue weighted by molar-refractivity contribution is -0.118. The molecule has 33 heavy (non-hydrogen) atoms. The van der Waals surface area contributed by atoms with Crippen molar-refractivity contribution >= 4 is 22.6 Å². The molecule has 1 amide bonds. The molecule has 1 aliphatic heterocycles. The van der Waals surface area contributed by atoms with E-state index in [1.165, 1.54) is 35.0 Å². The number of anilines is 1. The minimum absolute atomic E-state index is 0.00199. The Morgan fingerprint density at radius 3 is 2.58 bits per heavy atom. The van der Waals surface area contributed by atoms with Gasteiger partial charge in [0.2, 0.25) is 5.91 Å². The first kappa shape index (κ1) is 22.1. The molecule has 1 atom stereocenters. The second-order valence-electron chi connectivity index (χ2n) is 10.5. The minimum atomic E-state index is 0.00199. The van der Waals surface area contributed by atoms with Crippen molar-refractivity contribution < 1.29 is 4.79 Å². The summed E-state index contributed by atoms with van der Waals surface area (Å²) in [5.74, 6) is 1.90. The fourth-order valence-electron chi connectivity index (χ4n) is 5.72. The lowest BCUT2D eigenvalue weighted by Crippen LogP contribution is -2.38. The Kier molecular flexibility index (Phi) is 6.00. The zero-order valence-electron chi connectivity index (χ0n) is 20.4. The smallest absolute Gasteiger partial charge is 0.226 e. The summed E-state index contributed by atoms with van der Waals surface area (Å²) in [6, 6.07) is 13.7. The number of likely N-dealkylation sites (tertiary alicyclic amines) is 1. The Bertz CT molecular complexity index is 1170. The maximum Gasteiger partial charge on any atom is 0.226 e. The SMILES string of the molecule is Cc1ccc2c(c1)nc(C)n2C1CCN(CC2Cc3ccc(NC(=O)C(C)C)cc3C2)CC1. The van der Waals surface area contributed by atoms with Crippen molar-refractivity contribution in [1.29, 1.82) is 0 Å². The normalized spacial score (nSPS) is 19.4. The third kappa shape index (κ3) is 4.56. The van der Waals surface area contributed by atoms with Crippen LogP contribution in [0.1, 0.15) is 55.2 Å². The molecular weight excluding hydrogens is 408 g/mol. The van der Waals surface area contributed by atoms with E-state index < -0.39 is 0 Å². The topological polar surface area (TPSA) is 50.2 Å². The summed E-state index contributed by atoms with van der Waals surface area (Å²) in [6.07, 6.45) is 4.64. The Labute approximate surface area is 197 Å². The van der Waals surface area contributed by atoms with E-state index in [2.05, 4.69) is 65.0 Å². The van der Waals surface area contributed by atoms with Crippen LogP contribution < -0.4 is 5.32 Å². The van der Waals surface area contributed by atoms with Gasteiger partial charge in [-0.3, -0.25) is 4.79 Å². The second kappa shape index (κ2) is 8.94. The molecule has 174 valence electrons. The number of nitrogens with zero attached hydrogens (tertiary/aromatic N) is 3. The van der Waals surface area contributed by atoms with E-state index in [0.29, 0.717) is 12.0 Å². The van der Waals surface area contributed by atoms with Gasteiger partial charge in [0.1, 0.15) is 5.82 Å². The van der Waals surface area contributed by atoms with Gasteiger partial charge in [0.05, 0.1) is 11.0 Å². The van der Waals surface area contributed by atoms with Crippen molar-refractivity contribution in [2.45, 2.75) is 59.4 Å². The molecule has 0 spiro atoms. The molecule has 0 bridgehead atoms. The number of aromatic nitrogens is 2. The van der Waals surface area contributed by atoms with Gasteiger partial charge in [-0.2, -0.15) is 0 Å². The van der Waals surface area contributed by atoms with Gasteiger partial charge in [0.25, 0.3) is 0 Å². The van der Waals surface area contributed by atoms with E-state index in [1.54, 1.807) is 0 Å². The molecule has 1 saturated heterocycles. The number of carbonyl (C=O) groups is 1. The van der Waals surface area contributed by atoms with Gasteiger partial charge in [-0.05, 0) is 86.4 Å². The monoisotopic (exact) mass is 444 g/mol. The lowest BCUT2D eigenvalue weighted by atomic mass is 10.0. The predicted molar refractivity (Wildman–Crippen MR) is 135 cm³/mol. The molecule has 1 aliphatic carbocycles. The number of carbonyl (C=O) groups excluding carboxylic acids is 1. The van der Waals surface area contributed by atoms with Gasteiger partial charge in [0.15, 0.2) is 0 Å². The van der Waals surface area contributed by atoms with Crippen molar-refractivity contribution in [1.82, 2.24) is 14.5 Å². The molecule has 1 fully saturated rings. The van der Waals surface area contributed by atoms with E-state index in [4.69, 9.17) is 4.98 Å². The first-order valence-electron chi connectivity index (χ1n) is 12.5. The molecule has 5 nitrogen and oxygen atoms in total. The van der Waals surface area contributed by atoms with Crippen molar-refractivity contribution in [3.05, 3.63) is 58.9 Å². The number of hydrogen-bond donors (Lipinski definition) is 1. The van der Waals surface area contributed by atoms with Crippen LogP contribution in [0.4, 0.5) is 5.69 Å². The Morgan fingerprint density at radius 2 is 1.82 bits per heavy atom. The Hall–Kier alpha value is -2.66. The van der Waals surface area contributed by atoms with Crippen LogP contribution in [0.5, 0.6) is 0 Å². The molecule has 5 rings (SSSR count). The van der Waals surface area contributed by atoms with E-state index in [9.17, 15) is 4.79 Å². The quantitative estimate of drug-likeness (QED) is 0.581. The van der Waals surface area contributed by atoms with Crippen LogP contribution >= 0.6 is 0 Å². The second-order valence-corrected chi connectivity index (χ2v) is 10.5. The van der Waals surface area contributed by atoms with Gasteiger partial charge < -0.3 is 14.8 Å². The summed E-state index contributed by atoms with van der Waals surface area (Å²) >= 11 is 0. The minimum Gasteiger partial charge on any atom is -0.326 e. The molecule has 1 N–H and O–H groups in total. The number of piperidine rings is 1. The van der Waals surface area contributed by atoms with Crippen LogP contribution in [-0.2, 0) is 17.6 Å². The van der Waals surface area contributed by atoms with Crippen molar-refractivity contribution in [2.75, 3.05) is 25.0 Å². The van der Waals surface area contributed by atoms with E-state index in [-0.39, 0.29) is 11.8 Å². The van der Waals surface area contributed by atoms with Gasteiger partial charge in [-0.1, -0.05) is 26.0 Å². The van der Waals surface area contributed by atoms with E-state index >= 15 is 0 Å². The lowest BCUT2D eigenvalue weighted by Gasteiger charge is -2.34. The van der Waals surface area contributed by atoms with Gasteiger partial charge >= 0.3 is 0 Å². The summed E-state index contributed by atoms with van der Waals surface area (Å²) in [6.45, 7) is 11.6. The maximum absolute atomic E-state index is 12.0. The Balaban J connectivity index is 1.18. The number of hydrogen-bond acceptors (Lipinski definition) is 3. The number of benzene rings is 2. The third-order valence-electron chi connectivity index (χ3n) is 7.48. The van der Waals surface area contributed by atoms with Crippen LogP contribution in [0, 0.1) is 25.7 Å². The maximum atomic E-state index is 12.0. The van der Waals surface area contributed by atoms with Crippen molar-refractivity contribution in [3.8, 4) is 0 Å². The highest BCUT2D eigenvalue weighted by atomic mass is 16.1. The Morgan fingerprint density at radius 1 is 1.06 bits per heavy atom. The predicted octanol–water partition coefficient (Wildman–Crippen LogP) is 5.30.